The maximum absolute atomic E-state index is 12.8. The molecule has 2 amide bonds. The number of aryl methyl sites for hydroxylation is 2. The molecule has 11 nitrogen and oxygen atoms in total. The number of carbonyl (C=O) groups is 2. The minimum absolute atomic E-state index is 0.141. The Kier molecular flexibility index (Phi) is 4.62. The first kappa shape index (κ1) is 18.8. The minimum atomic E-state index is -0.498. The van der Waals surface area contributed by atoms with Gasteiger partial charge in [-0.25, -0.2) is 9.50 Å². The highest BCUT2D eigenvalue weighted by Crippen LogP contribution is 2.23. The summed E-state index contributed by atoms with van der Waals surface area (Å²) in [4.78, 5) is 29.8. The van der Waals surface area contributed by atoms with Crippen molar-refractivity contribution in [1.29, 1.82) is 0 Å². The first-order valence-electron chi connectivity index (χ1n) is 8.49. The van der Waals surface area contributed by atoms with E-state index in [0.29, 0.717) is 15.8 Å². The van der Waals surface area contributed by atoms with Crippen LogP contribution in [0.4, 0.5) is 11.4 Å². The average molecular weight is 458 g/mol. The molecule has 0 fully saturated rings. The van der Waals surface area contributed by atoms with Crippen LogP contribution in [0.3, 0.4) is 0 Å². The number of nitrogens with one attached hydrogen (secondary N) is 2. The smallest absolute Gasteiger partial charge is 0.277 e. The lowest BCUT2D eigenvalue weighted by Gasteiger charge is -2.08. The highest BCUT2D eigenvalue weighted by Gasteiger charge is 2.23. The summed E-state index contributed by atoms with van der Waals surface area (Å²) in [6.07, 6.45) is 6.25. The maximum atomic E-state index is 12.8. The molecule has 2 N–H and O–H groups in total. The van der Waals surface area contributed by atoms with Gasteiger partial charge < -0.3 is 10.6 Å². The van der Waals surface area contributed by atoms with E-state index in [9.17, 15) is 9.59 Å². The summed E-state index contributed by atoms with van der Waals surface area (Å²) < 4.78 is 4.98. The SMILES string of the molecule is Cc1c(NC(=O)c2c(NC(=O)c3nn4cccnc4c3Br)cnn2C)cnn1C. The second-order valence-electron chi connectivity index (χ2n) is 6.26. The van der Waals surface area contributed by atoms with E-state index in [-0.39, 0.29) is 17.1 Å². The number of fused-ring (bicyclic) bond motifs is 1. The van der Waals surface area contributed by atoms with Crippen molar-refractivity contribution >= 4 is 44.8 Å². The zero-order valence-electron chi connectivity index (χ0n) is 15.7. The average Bonchev–Trinajstić information content (AvgIpc) is 3.33. The van der Waals surface area contributed by atoms with Gasteiger partial charge in [-0.05, 0) is 28.9 Å². The summed E-state index contributed by atoms with van der Waals surface area (Å²) in [5, 5.41) is 17.9. The summed E-state index contributed by atoms with van der Waals surface area (Å²) in [7, 11) is 3.40. The number of hydrogen-bond donors (Lipinski definition) is 2. The van der Waals surface area contributed by atoms with Gasteiger partial charge in [-0.15, -0.1) is 0 Å². The van der Waals surface area contributed by atoms with E-state index < -0.39 is 11.8 Å². The molecule has 0 aliphatic rings. The molecule has 12 heteroatoms. The molecular formula is C17H16BrN9O2. The molecule has 4 heterocycles. The van der Waals surface area contributed by atoms with Crippen LogP contribution in [0.15, 0.2) is 35.3 Å². The van der Waals surface area contributed by atoms with Gasteiger partial charge in [-0.1, -0.05) is 0 Å². The molecule has 0 bridgehead atoms. The third-order valence-corrected chi connectivity index (χ3v) is 5.17. The number of nitrogens with zero attached hydrogens (tertiary/aromatic N) is 7. The molecule has 0 radical (unpaired) electrons. The molecule has 4 rings (SSSR count). The molecule has 148 valence electrons. The second-order valence-corrected chi connectivity index (χ2v) is 7.05. The lowest BCUT2D eigenvalue weighted by molar-refractivity contribution is 0.101. The Bertz CT molecular complexity index is 1250. The van der Waals surface area contributed by atoms with Crippen LogP contribution in [-0.4, -0.2) is 46.0 Å². The number of aromatic nitrogens is 7. The van der Waals surface area contributed by atoms with Crippen LogP contribution in [-0.2, 0) is 14.1 Å². The van der Waals surface area contributed by atoms with Crippen molar-refractivity contribution in [3.63, 3.8) is 0 Å². The topological polar surface area (TPSA) is 124 Å². The van der Waals surface area contributed by atoms with Crippen LogP contribution in [0, 0.1) is 6.92 Å². The predicted octanol–water partition coefficient (Wildman–Crippen LogP) is 1.77. The molecule has 29 heavy (non-hydrogen) atoms. The molecule has 0 atom stereocenters. The number of amides is 2. The van der Waals surface area contributed by atoms with Gasteiger partial charge in [0.05, 0.1) is 33.9 Å². The van der Waals surface area contributed by atoms with Crippen LogP contribution in [0.2, 0.25) is 0 Å². The predicted molar refractivity (Wildman–Crippen MR) is 108 cm³/mol. The molecule has 0 saturated carbocycles. The standard InChI is InChI=1S/C17H16BrN9O2/c1-9-10(7-20-25(9)2)22-17(29)14-11(8-21-26(14)3)23-16(28)13-12(18)15-19-5-4-6-27(15)24-13/h4-8H,1-3H3,(H,22,29)(H,23,28). The highest BCUT2D eigenvalue weighted by atomic mass is 79.9. The van der Waals surface area contributed by atoms with Crippen molar-refractivity contribution in [3.8, 4) is 0 Å². The third kappa shape index (κ3) is 3.27. The van der Waals surface area contributed by atoms with Gasteiger partial charge in [0.25, 0.3) is 11.8 Å². The van der Waals surface area contributed by atoms with Crippen molar-refractivity contribution in [2.75, 3.05) is 10.6 Å². The Hall–Kier alpha value is -3.54. The molecule has 0 unspecified atom stereocenters. The van der Waals surface area contributed by atoms with Gasteiger partial charge in [0.1, 0.15) is 5.69 Å². The molecule has 0 spiro atoms. The Morgan fingerprint density at radius 1 is 1.03 bits per heavy atom. The van der Waals surface area contributed by atoms with E-state index >= 15 is 0 Å². The Morgan fingerprint density at radius 3 is 2.41 bits per heavy atom. The fourth-order valence-electron chi connectivity index (χ4n) is 2.79. The van der Waals surface area contributed by atoms with E-state index in [1.807, 2.05) is 6.92 Å². The van der Waals surface area contributed by atoms with Gasteiger partial charge in [-0.2, -0.15) is 15.3 Å². The van der Waals surface area contributed by atoms with E-state index in [0.717, 1.165) is 5.69 Å². The van der Waals surface area contributed by atoms with Crippen molar-refractivity contribution in [2.24, 2.45) is 14.1 Å². The monoisotopic (exact) mass is 457 g/mol. The van der Waals surface area contributed by atoms with E-state index in [1.165, 1.54) is 15.4 Å². The molecule has 4 aromatic heterocycles. The number of hydrogen-bond acceptors (Lipinski definition) is 6. The molecule has 0 saturated heterocycles. The van der Waals surface area contributed by atoms with Gasteiger partial charge in [0.2, 0.25) is 0 Å². The number of carbonyl (C=O) groups excluding carboxylic acids is 2. The lowest BCUT2D eigenvalue weighted by Crippen LogP contribution is -2.20. The van der Waals surface area contributed by atoms with Gasteiger partial charge in [0.15, 0.2) is 11.3 Å². The van der Waals surface area contributed by atoms with Gasteiger partial charge in [-0.3, -0.25) is 19.0 Å². The van der Waals surface area contributed by atoms with Gasteiger partial charge in [0, 0.05) is 26.5 Å². The van der Waals surface area contributed by atoms with Crippen LogP contribution < -0.4 is 10.6 Å². The Balaban J connectivity index is 1.61. The summed E-state index contributed by atoms with van der Waals surface area (Å²) in [6, 6.07) is 1.71. The summed E-state index contributed by atoms with van der Waals surface area (Å²) in [5.41, 5.74) is 2.47. The number of anilines is 2. The molecule has 0 aliphatic carbocycles. The number of halogens is 1. The maximum Gasteiger partial charge on any atom is 0.277 e. The van der Waals surface area contributed by atoms with E-state index in [4.69, 9.17) is 0 Å². The summed E-state index contributed by atoms with van der Waals surface area (Å²) in [6.45, 7) is 1.84. The fourth-order valence-corrected chi connectivity index (χ4v) is 3.33. The van der Waals surface area contributed by atoms with Crippen LogP contribution in [0.5, 0.6) is 0 Å². The van der Waals surface area contributed by atoms with Gasteiger partial charge >= 0.3 is 0 Å². The summed E-state index contributed by atoms with van der Waals surface area (Å²) in [5.74, 6) is -0.922. The zero-order chi connectivity index (χ0) is 20.7. The van der Waals surface area contributed by atoms with E-state index in [1.54, 1.807) is 43.4 Å². The lowest BCUT2D eigenvalue weighted by atomic mass is 10.3. The first-order chi connectivity index (χ1) is 13.9. The first-order valence-corrected chi connectivity index (χ1v) is 9.28. The quantitative estimate of drug-likeness (QED) is 0.481. The Morgan fingerprint density at radius 2 is 1.72 bits per heavy atom. The van der Waals surface area contributed by atoms with Crippen molar-refractivity contribution in [1.82, 2.24) is 34.2 Å². The van der Waals surface area contributed by atoms with Crippen LogP contribution in [0.25, 0.3) is 5.65 Å². The normalized spacial score (nSPS) is 11.0. The second kappa shape index (κ2) is 7.13. The van der Waals surface area contributed by atoms with Crippen molar-refractivity contribution in [2.45, 2.75) is 6.92 Å². The fraction of sp³-hybridized carbons (Fsp3) is 0.176. The van der Waals surface area contributed by atoms with Crippen LogP contribution in [0.1, 0.15) is 26.7 Å². The minimum Gasteiger partial charge on any atom is -0.318 e. The third-order valence-electron chi connectivity index (χ3n) is 4.44. The Labute approximate surface area is 172 Å². The number of rotatable bonds is 4. The van der Waals surface area contributed by atoms with E-state index in [2.05, 4.69) is 46.8 Å². The molecule has 4 aromatic rings. The molecular weight excluding hydrogens is 442 g/mol. The zero-order valence-corrected chi connectivity index (χ0v) is 17.3. The molecule has 0 aliphatic heterocycles. The molecule has 0 aromatic carbocycles. The van der Waals surface area contributed by atoms with Crippen LogP contribution >= 0.6 is 15.9 Å². The largest absolute Gasteiger partial charge is 0.318 e. The highest BCUT2D eigenvalue weighted by molar-refractivity contribution is 9.10. The summed E-state index contributed by atoms with van der Waals surface area (Å²) >= 11 is 3.36. The van der Waals surface area contributed by atoms with Crippen molar-refractivity contribution in [3.05, 3.63) is 52.4 Å². The van der Waals surface area contributed by atoms with Crippen molar-refractivity contribution < 1.29 is 9.59 Å².